The van der Waals surface area contributed by atoms with Gasteiger partial charge in [-0.25, -0.2) is 4.79 Å². The molecule has 0 saturated heterocycles. The maximum atomic E-state index is 11.5. The maximum Gasteiger partial charge on any atom is 0.433 e. The summed E-state index contributed by atoms with van der Waals surface area (Å²) in [4.78, 5) is 11.5. The van der Waals surface area contributed by atoms with E-state index in [4.69, 9.17) is 4.74 Å². The van der Waals surface area contributed by atoms with E-state index in [1.54, 1.807) is 24.6 Å². The van der Waals surface area contributed by atoms with Crippen LogP contribution in [0.1, 0.15) is 5.56 Å². The molecule has 1 amide bonds. The van der Waals surface area contributed by atoms with Crippen LogP contribution >= 0.6 is 0 Å². The van der Waals surface area contributed by atoms with Crippen molar-refractivity contribution in [3.63, 3.8) is 0 Å². The number of ether oxygens (including phenoxy) is 1. The lowest BCUT2D eigenvalue weighted by molar-refractivity contribution is 0.101. The molecular formula is C12H12N2O2. The standard InChI is InChI=1S/C12H12N2O2/c15-12(14-9-5-4-8-13-14)16-10-11-6-2-1-3-7-11/h1-9,13H,10H2. The number of allylic oxidation sites excluding steroid dienone is 2. The molecule has 0 atom stereocenters. The molecule has 1 aliphatic heterocycles. The van der Waals surface area contributed by atoms with Crippen LogP contribution in [-0.4, -0.2) is 11.1 Å². The molecular weight excluding hydrogens is 204 g/mol. The predicted molar refractivity (Wildman–Crippen MR) is 59.9 cm³/mol. The van der Waals surface area contributed by atoms with Gasteiger partial charge in [0.2, 0.25) is 0 Å². The van der Waals surface area contributed by atoms with Gasteiger partial charge in [-0.3, -0.25) is 5.43 Å². The Morgan fingerprint density at radius 2 is 2.06 bits per heavy atom. The Bertz CT molecular complexity index is 412. The van der Waals surface area contributed by atoms with Crippen LogP contribution in [0.25, 0.3) is 0 Å². The normalized spacial score (nSPS) is 13.4. The zero-order valence-corrected chi connectivity index (χ0v) is 8.67. The largest absolute Gasteiger partial charge is 0.443 e. The van der Waals surface area contributed by atoms with Crippen molar-refractivity contribution >= 4 is 6.09 Å². The van der Waals surface area contributed by atoms with E-state index in [-0.39, 0.29) is 6.61 Å². The maximum absolute atomic E-state index is 11.5. The van der Waals surface area contributed by atoms with Gasteiger partial charge >= 0.3 is 6.09 Å². The minimum Gasteiger partial charge on any atom is -0.443 e. The molecule has 0 radical (unpaired) electrons. The molecule has 0 saturated carbocycles. The second-order valence-electron chi connectivity index (χ2n) is 3.24. The fourth-order valence-electron chi connectivity index (χ4n) is 1.26. The van der Waals surface area contributed by atoms with Crippen molar-refractivity contribution in [3.05, 3.63) is 60.4 Å². The van der Waals surface area contributed by atoms with Crippen LogP contribution in [0.5, 0.6) is 0 Å². The summed E-state index contributed by atoms with van der Waals surface area (Å²) in [5.74, 6) is 0. The summed E-state index contributed by atoms with van der Waals surface area (Å²) in [5.41, 5.74) is 3.71. The molecule has 1 N–H and O–H groups in total. The molecule has 1 heterocycles. The summed E-state index contributed by atoms with van der Waals surface area (Å²) in [6.45, 7) is 0.273. The second kappa shape index (κ2) is 5.02. The lowest BCUT2D eigenvalue weighted by Crippen LogP contribution is -2.36. The molecule has 0 unspecified atom stereocenters. The van der Waals surface area contributed by atoms with Crippen LogP contribution in [0, 0.1) is 0 Å². The van der Waals surface area contributed by atoms with E-state index in [0.717, 1.165) is 5.56 Å². The van der Waals surface area contributed by atoms with Crippen molar-refractivity contribution in [2.45, 2.75) is 6.61 Å². The smallest absolute Gasteiger partial charge is 0.433 e. The van der Waals surface area contributed by atoms with Gasteiger partial charge in [0.05, 0.1) is 0 Å². The molecule has 1 aromatic carbocycles. The number of nitrogens with one attached hydrogen (secondary N) is 1. The highest BCUT2D eigenvalue weighted by Gasteiger charge is 2.11. The molecule has 4 heteroatoms. The highest BCUT2D eigenvalue weighted by atomic mass is 16.6. The van der Waals surface area contributed by atoms with E-state index in [0.29, 0.717) is 0 Å². The van der Waals surface area contributed by atoms with E-state index >= 15 is 0 Å². The van der Waals surface area contributed by atoms with E-state index in [1.165, 1.54) is 5.01 Å². The summed E-state index contributed by atoms with van der Waals surface area (Å²) in [6, 6.07) is 9.56. The van der Waals surface area contributed by atoms with Crippen LogP contribution in [-0.2, 0) is 11.3 Å². The molecule has 16 heavy (non-hydrogen) atoms. The monoisotopic (exact) mass is 216 g/mol. The van der Waals surface area contributed by atoms with Crippen LogP contribution in [0.4, 0.5) is 4.79 Å². The Hall–Kier alpha value is -2.23. The van der Waals surface area contributed by atoms with Gasteiger partial charge in [-0.2, -0.15) is 5.01 Å². The molecule has 1 aromatic rings. The lowest BCUT2D eigenvalue weighted by atomic mass is 10.2. The summed E-state index contributed by atoms with van der Waals surface area (Å²) in [7, 11) is 0. The van der Waals surface area contributed by atoms with E-state index in [2.05, 4.69) is 5.43 Å². The molecule has 82 valence electrons. The summed E-state index contributed by atoms with van der Waals surface area (Å²) < 4.78 is 5.11. The van der Waals surface area contributed by atoms with Crippen molar-refractivity contribution < 1.29 is 9.53 Å². The zero-order chi connectivity index (χ0) is 11.2. The first kappa shape index (κ1) is 10.3. The Morgan fingerprint density at radius 1 is 1.25 bits per heavy atom. The average Bonchev–Trinajstić information content (AvgIpc) is 2.38. The van der Waals surface area contributed by atoms with Gasteiger partial charge in [-0.05, 0) is 17.7 Å². The molecule has 0 fully saturated rings. The number of carbonyl (C=O) groups excluding carboxylic acids is 1. The first-order valence-corrected chi connectivity index (χ1v) is 4.96. The number of rotatable bonds is 2. The van der Waals surface area contributed by atoms with Crippen molar-refractivity contribution in [3.8, 4) is 0 Å². The summed E-state index contributed by atoms with van der Waals surface area (Å²) >= 11 is 0. The molecule has 0 aromatic heterocycles. The van der Waals surface area contributed by atoms with Gasteiger partial charge < -0.3 is 4.74 Å². The van der Waals surface area contributed by atoms with Gasteiger partial charge in [0.1, 0.15) is 6.61 Å². The summed E-state index contributed by atoms with van der Waals surface area (Å²) in [6.07, 6.45) is 6.38. The summed E-state index contributed by atoms with van der Waals surface area (Å²) in [5, 5.41) is 1.28. The Morgan fingerprint density at radius 3 is 2.75 bits per heavy atom. The van der Waals surface area contributed by atoms with Gasteiger partial charge in [0.25, 0.3) is 0 Å². The fourth-order valence-corrected chi connectivity index (χ4v) is 1.26. The van der Waals surface area contributed by atoms with Crippen LogP contribution < -0.4 is 5.43 Å². The van der Waals surface area contributed by atoms with Crippen LogP contribution in [0.2, 0.25) is 0 Å². The van der Waals surface area contributed by atoms with Crippen molar-refractivity contribution in [1.29, 1.82) is 0 Å². The third-order valence-corrected chi connectivity index (χ3v) is 2.06. The number of carbonyl (C=O) groups is 1. The number of nitrogens with zero attached hydrogens (tertiary/aromatic N) is 1. The number of hydrazine groups is 1. The fraction of sp³-hybridized carbons (Fsp3) is 0.0833. The first-order chi connectivity index (χ1) is 7.86. The third-order valence-electron chi connectivity index (χ3n) is 2.06. The average molecular weight is 216 g/mol. The Kier molecular flexibility index (Phi) is 3.23. The van der Waals surface area contributed by atoms with E-state index in [1.807, 2.05) is 30.3 Å². The molecule has 0 spiro atoms. The predicted octanol–water partition coefficient (Wildman–Crippen LogP) is 2.17. The van der Waals surface area contributed by atoms with Crippen molar-refractivity contribution in [2.75, 3.05) is 0 Å². The quantitative estimate of drug-likeness (QED) is 0.823. The molecule has 0 bridgehead atoms. The molecule has 0 aliphatic carbocycles. The minimum atomic E-state index is -0.426. The Labute approximate surface area is 93.8 Å². The molecule has 4 nitrogen and oxygen atoms in total. The lowest BCUT2D eigenvalue weighted by Gasteiger charge is -2.19. The van der Waals surface area contributed by atoms with Crippen LogP contribution in [0.3, 0.4) is 0 Å². The molecule has 1 aliphatic rings. The Balaban J connectivity index is 1.84. The van der Waals surface area contributed by atoms with Gasteiger partial charge in [-0.1, -0.05) is 30.3 Å². The number of hydrogen-bond donors (Lipinski definition) is 1. The SMILES string of the molecule is O=C(OCc1ccccc1)N1C=CC=CN1. The number of benzene rings is 1. The van der Waals surface area contributed by atoms with Crippen LogP contribution in [0.15, 0.2) is 54.9 Å². The van der Waals surface area contributed by atoms with Gasteiger partial charge in [-0.15, -0.1) is 0 Å². The van der Waals surface area contributed by atoms with Crippen molar-refractivity contribution in [1.82, 2.24) is 10.4 Å². The number of hydrogen-bond acceptors (Lipinski definition) is 3. The third kappa shape index (κ3) is 2.63. The minimum absolute atomic E-state index is 0.273. The van der Waals surface area contributed by atoms with E-state index in [9.17, 15) is 4.79 Å². The van der Waals surface area contributed by atoms with Gasteiger partial charge in [0, 0.05) is 12.4 Å². The van der Waals surface area contributed by atoms with Gasteiger partial charge in [0.15, 0.2) is 0 Å². The zero-order valence-electron chi connectivity index (χ0n) is 8.67. The molecule has 2 rings (SSSR count). The highest BCUT2D eigenvalue weighted by Crippen LogP contribution is 2.03. The highest BCUT2D eigenvalue weighted by molar-refractivity contribution is 5.68. The number of amides is 1. The first-order valence-electron chi connectivity index (χ1n) is 4.96. The second-order valence-corrected chi connectivity index (χ2v) is 3.24. The van der Waals surface area contributed by atoms with Crippen molar-refractivity contribution in [2.24, 2.45) is 0 Å². The topological polar surface area (TPSA) is 41.6 Å². The van der Waals surface area contributed by atoms with E-state index < -0.39 is 6.09 Å².